The van der Waals surface area contributed by atoms with Crippen LogP contribution in [-0.2, 0) is 12.7 Å². The molecule has 1 aliphatic rings. The Morgan fingerprint density at radius 3 is 2.84 bits per heavy atom. The lowest BCUT2D eigenvalue weighted by molar-refractivity contribution is -0.141. The molecular weight excluding hydrogens is 409 g/mol. The van der Waals surface area contributed by atoms with Gasteiger partial charge in [-0.15, -0.1) is 0 Å². The van der Waals surface area contributed by atoms with Gasteiger partial charge in [0.25, 0.3) is 0 Å². The molecule has 0 spiro atoms. The van der Waals surface area contributed by atoms with Gasteiger partial charge in [-0.1, -0.05) is 0 Å². The van der Waals surface area contributed by atoms with Crippen molar-refractivity contribution in [1.29, 1.82) is 5.41 Å². The fraction of sp³-hybridized carbons (Fsp3) is 0.350. The van der Waals surface area contributed by atoms with Crippen molar-refractivity contribution in [1.82, 2.24) is 19.3 Å². The molecule has 0 aromatic carbocycles. The van der Waals surface area contributed by atoms with Crippen LogP contribution < -0.4 is 5.73 Å². The van der Waals surface area contributed by atoms with Gasteiger partial charge in [0.05, 0.1) is 24.6 Å². The first kappa shape index (κ1) is 22.2. The van der Waals surface area contributed by atoms with E-state index >= 15 is 0 Å². The largest absolute Gasteiger partial charge is 0.434 e. The Morgan fingerprint density at radius 1 is 1.35 bits per heavy atom. The Kier molecular flexibility index (Phi) is 6.83. The van der Waals surface area contributed by atoms with Gasteiger partial charge in [0.1, 0.15) is 5.84 Å². The molecule has 0 saturated carbocycles. The second kappa shape index (κ2) is 9.54. The zero-order chi connectivity index (χ0) is 22.4. The summed E-state index contributed by atoms with van der Waals surface area (Å²) in [5.41, 5.74) is 6.15. The van der Waals surface area contributed by atoms with Crippen molar-refractivity contribution in [3.8, 4) is 0 Å². The summed E-state index contributed by atoms with van der Waals surface area (Å²) in [6.45, 7) is 5.05. The lowest BCUT2D eigenvalue weighted by Crippen LogP contribution is -2.27. The molecule has 1 atom stereocenters. The molecule has 164 valence electrons. The molecule has 3 rings (SSSR count). The predicted molar refractivity (Wildman–Crippen MR) is 113 cm³/mol. The Bertz CT molecular complexity index is 1030. The van der Waals surface area contributed by atoms with E-state index in [4.69, 9.17) is 11.1 Å². The van der Waals surface area contributed by atoms with Crippen LogP contribution in [0.25, 0.3) is 5.65 Å². The second-order valence-corrected chi connectivity index (χ2v) is 7.11. The highest BCUT2D eigenvalue weighted by Gasteiger charge is 2.33. The minimum atomic E-state index is -4.54. The summed E-state index contributed by atoms with van der Waals surface area (Å²) in [6, 6.07) is 0. The van der Waals surface area contributed by atoms with E-state index in [1.54, 1.807) is 6.08 Å². The molecule has 0 aliphatic carbocycles. The highest BCUT2D eigenvalue weighted by atomic mass is 19.4. The number of nitrogens with zero attached hydrogens (tertiary/aromatic N) is 6. The van der Waals surface area contributed by atoms with Gasteiger partial charge < -0.3 is 16.0 Å². The number of rotatable bonds is 7. The van der Waals surface area contributed by atoms with E-state index in [0.29, 0.717) is 29.5 Å². The van der Waals surface area contributed by atoms with Crippen LogP contribution in [0.5, 0.6) is 0 Å². The third-order valence-electron chi connectivity index (χ3n) is 5.03. The van der Waals surface area contributed by atoms with Crippen LogP contribution in [0.3, 0.4) is 0 Å². The molecule has 0 bridgehead atoms. The average molecular weight is 432 g/mol. The first-order valence-electron chi connectivity index (χ1n) is 9.58. The van der Waals surface area contributed by atoms with Crippen molar-refractivity contribution in [3.63, 3.8) is 0 Å². The lowest BCUT2D eigenvalue weighted by Gasteiger charge is -2.19. The summed E-state index contributed by atoms with van der Waals surface area (Å²) in [5.74, 6) is 0.978. The summed E-state index contributed by atoms with van der Waals surface area (Å²) in [5, 5.41) is 7.39. The zero-order valence-corrected chi connectivity index (χ0v) is 16.8. The Morgan fingerprint density at radius 2 is 2.16 bits per heavy atom. The molecular formula is C20H23F3N8. The maximum Gasteiger partial charge on any atom is 0.434 e. The highest BCUT2D eigenvalue weighted by molar-refractivity contribution is 5.93. The van der Waals surface area contributed by atoms with Crippen LogP contribution in [0, 0.1) is 11.3 Å². The second-order valence-electron chi connectivity index (χ2n) is 7.11. The third kappa shape index (κ3) is 5.36. The predicted octanol–water partition coefficient (Wildman–Crippen LogP) is 3.07. The first-order chi connectivity index (χ1) is 14.9. The average Bonchev–Trinajstić information content (AvgIpc) is 3.38. The van der Waals surface area contributed by atoms with E-state index in [-0.39, 0.29) is 6.54 Å². The fourth-order valence-corrected chi connectivity index (χ4v) is 3.46. The molecule has 8 nitrogen and oxygen atoms in total. The maximum absolute atomic E-state index is 13.0. The number of hydrogen-bond acceptors (Lipinski definition) is 6. The van der Waals surface area contributed by atoms with Crippen LogP contribution in [-0.4, -0.2) is 51.1 Å². The number of nitrogens with two attached hydrogens (primary N) is 1. The van der Waals surface area contributed by atoms with Gasteiger partial charge in [-0.3, -0.25) is 14.4 Å². The van der Waals surface area contributed by atoms with Crippen molar-refractivity contribution in [2.24, 2.45) is 21.6 Å². The smallest absolute Gasteiger partial charge is 0.404 e. The molecule has 3 N–H and O–H groups in total. The third-order valence-corrected chi connectivity index (χ3v) is 5.03. The van der Waals surface area contributed by atoms with E-state index in [9.17, 15) is 13.2 Å². The van der Waals surface area contributed by atoms with Gasteiger partial charge in [0.2, 0.25) is 0 Å². The van der Waals surface area contributed by atoms with E-state index in [1.165, 1.54) is 29.2 Å². The van der Waals surface area contributed by atoms with E-state index in [0.717, 1.165) is 37.5 Å². The number of fused-ring (bicyclic) bond motifs is 1. The Labute approximate surface area is 177 Å². The number of amidine groups is 1. The van der Waals surface area contributed by atoms with E-state index in [2.05, 4.69) is 31.6 Å². The molecule has 0 radical (unpaired) electrons. The minimum Gasteiger partial charge on any atom is -0.404 e. The molecule has 0 amide bonds. The monoisotopic (exact) mass is 432 g/mol. The Hall–Kier alpha value is -3.50. The number of halogens is 3. The van der Waals surface area contributed by atoms with E-state index in [1.807, 2.05) is 0 Å². The number of likely N-dealkylation sites (tertiary alicyclic amines) is 1. The number of aromatic nitrogens is 3. The SMILES string of the molecule is C=N/C=C\C(=NCc1cnc2cnc(C(F)(F)F)cn12)N1CCC(C/C(C=N)=C/N)C1. The molecule has 3 heterocycles. The highest BCUT2D eigenvalue weighted by Crippen LogP contribution is 2.28. The normalized spacial score (nSPS) is 18.3. The van der Waals surface area contributed by atoms with Crippen LogP contribution in [0.1, 0.15) is 24.2 Å². The molecule has 11 heteroatoms. The summed E-state index contributed by atoms with van der Waals surface area (Å²) < 4.78 is 40.4. The van der Waals surface area contributed by atoms with Crippen molar-refractivity contribution < 1.29 is 13.2 Å². The topological polar surface area (TPSA) is 108 Å². The van der Waals surface area contributed by atoms with Crippen molar-refractivity contribution in [2.45, 2.75) is 25.6 Å². The summed E-state index contributed by atoms with van der Waals surface area (Å²) in [6.07, 6.45) is 6.53. The Balaban J connectivity index is 1.81. The molecule has 31 heavy (non-hydrogen) atoms. The number of allylic oxidation sites excluding steroid dienone is 1. The molecule has 2 aromatic heterocycles. The molecule has 1 fully saturated rings. The van der Waals surface area contributed by atoms with E-state index < -0.39 is 11.9 Å². The van der Waals surface area contributed by atoms with Gasteiger partial charge in [0, 0.05) is 31.7 Å². The molecule has 2 aromatic rings. The number of aliphatic imine (C=N–C) groups is 2. The number of imidazole rings is 1. The van der Waals surface area contributed by atoms with Gasteiger partial charge in [-0.25, -0.2) is 9.97 Å². The molecule has 1 saturated heterocycles. The first-order valence-corrected chi connectivity index (χ1v) is 9.58. The fourth-order valence-electron chi connectivity index (χ4n) is 3.46. The van der Waals surface area contributed by atoms with Gasteiger partial charge in [-0.2, -0.15) is 13.2 Å². The van der Waals surface area contributed by atoms with Gasteiger partial charge in [-0.05, 0) is 43.3 Å². The summed E-state index contributed by atoms with van der Waals surface area (Å²) in [7, 11) is 0. The van der Waals surface area contributed by atoms with Crippen molar-refractivity contribution >= 4 is 24.4 Å². The van der Waals surface area contributed by atoms with Crippen LogP contribution in [0.2, 0.25) is 0 Å². The zero-order valence-electron chi connectivity index (χ0n) is 16.8. The molecule has 1 aliphatic heterocycles. The quantitative estimate of drug-likeness (QED) is 0.518. The minimum absolute atomic E-state index is 0.134. The van der Waals surface area contributed by atoms with Crippen LogP contribution >= 0.6 is 0 Å². The standard InChI is InChI=1S/C20H23F3N8/c1-26-4-2-18(30-5-3-14(12-30)6-15(7-24)8-25)28-9-16-10-29-19-11-27-17(13-31(16)19)20(21,22)23/h2,4,7-8,10-11,13-14,24H,1,3,5-6,9,12,25H2/b4-2-,15-8-,24-7?,28-18?. The van der Waals surface area contributed by atoms with Crippen molar-refractivity contribution in [3.05, 3.63) is 54.0 Å². The van der Waals surface area contributed by atoms with Gasteiger partial charge >= 0.3 is 6.18 Å². The van der Waals surface area contributed by atoms with Crippen LogP contribution in [0.15, 0.2) is 52.6 Å². The van der Waals surface area contributed by atoms with Crippen LogP contribution in [0.4, 0.5) is 13.2 Å². The molecule has 1 unspecified atom stereocenters. The number of nitrogens with one attached hydrogen (secondary N) is 1. The summed E-state index contributed by atoms with van der Waals surface area (Å²) >= 11 is 0. The number of alkyl halides is 3. The summed E-state index contributed by atoms with van der Waals surface area (Å²) in [4.78, 5) is 17.9. The number of hydrogen-bond donors (Lipinski definition) is 2. The van der Waals surface area contributed by atoms with Crippen molar-refractivity contribution in [2.75, 3.05) is 13.1 Å². The van der Waals surface area contributed by atoms with Gasteiger partial charge in [0.15, 0.2) is 11.3 Å². The lowest BCUT2D eigenvalue weighted by atomic mass is 10.00. The maximum atomic E-state index is 13.0.